The number of anilines is 1. The molecule has 0 aliphatic carbocycles. The van der Waals surface area contributed by atoms with Crippen LogP contribution >= 0.6 is 0 Å². The Balaban J connectivity index is 1.43. The van der Waals surface area contributed by atoms with E-state index in [0.29, 0.717) is 18.9 Å². The Labute approximate surface area is 180 Å². The summed E-state index contributed by atoms with van der Waals surface area (Å²) < 4.78 is 3.30. The van der Waals surface area contributed by atoms with E-state index in [4.69, 9.17) is 0 Å². The molecule has 0 aliphatic heterocycles. The van der Waals surface area contributed by atoms with Gasteiger partial charge >= 0.3 is 0 Å². The molecule has 1 aromatic carbocycles. The Hall–Kier alpha value is -4.00. The number of nitrogens with one attached hydrogen (secondary N) is 1. The summed E-state index contributed by atoms with van der Waals surface area (Å²) in [6.07, 6.45) is 7.82. The van der Waals surface area contributed by atoms with Crippen LogP contribution < -0.4 is 10.9 Å². The van der Waals surface area contributed by atoms with Crippen molar-refractivity contribution in [3.8, 4) is 0 Å². The minimum atomic E-state index is -0.469. The fourth-order valence-electron chi connectivity index (χ4n) is 3.37. The highest BCUT2D eigenvalue weighted by molar-refractivity contribution is 6.03. The first-order chi connectivity index (χ1) is 15.1. The normalized spacial score (nSPS) is 10.7. The maximum Gasteiger partial charge on any atom is 0.263 e. The quantitative estimate of drug-likeness (QED) is 0.504. The Bertz CT molecular complexity index is 1240. The Morgan fingerprint density at radius 3 is 2.65 bits per heavy atom. The number of pyridine rings is 2. The van der Waals surface area contributed by atoms with Crippen LogP contribution in [0.4, 0.5) is 5.82 Å². The van der Waals surface area contributed by atoms with Gasteiger partial charge in [0.25, 0.3) is 11.5 Å². The van der Waals surface area contributed by atoms with Gasteiger partial charge in [-0.15, -0.1) is 0 Å². The molecule has 0 saturated heterocycles. The molecule has 156 valence electrons. The predicted molar refractivity (Wildman–Crippen MR) is 119 cm³/mol. The number of benzene rings is 1. The highest BCUT2D eigenvalue weighted by atomic mass is 16.2. The number of amides is 1. The monoisotopic (exact) mass is 413 g/mol. The van der Waals surface area contributed by atoms with Crippen molar-refractivity contribution in [2.75, 3.05) is 5.32 Å². The summed E-state index contributed by atoms with van der Waals surface area (Å²) in [5.41, 5.74) is 3.04. The highest BCUT2D eigenvalue weighted by Crippen LogP contribution is 2.08. The molecule has 4 rings (SSSR count). The van der Waals surface area contributed by atoms with Gasteiger partial charge in [0.2, 0.25) is 0 Å². The molecule has 3 aromatic heterocycles. The number of aryl methyl sites for hydroxylation is 3. The van der Waals surface area contributed by atoms with Crippen molar-refractivity contribution in [2.45, 2.75) is 26.4 Å². The van der Waals surface area contributed by atoms with Crippen molar-refractivity contribution in [3.05, 3.63) is 112 Å². The molecule has 0 radical (unpaired) electrons. The molecule has 0 fully saturated rings. The van der Waals surface area contributed by atoms with Crippen LogP contribution in [0.1, 0.15) is 27.0 Å². The van der Waals surface area contributed by atoms with E-state index in [1.54, 1.807) is 41.6 Å². The molecule has 0 saturated carbocycles. The third-order valence-electron chi connectivity index (χ3n) is 4.96. The summed E-state index contributed by atoms with van der Waals surface area (Å²) in [7, 11) is 0. The lowest BCUT2D eigenvalue weighted by Crippen LogP contribution is -2.29. The van der Waals surface area contributed by atoms with Gasteiger partial charge in [0, 0.05) is 37.4 Å². The van der Waals surface area contributed by atoms with E-state index in [9.17, 15) is 9.59 Å². The van der Waals surface area contributed by atoms with E-state index in [0.717, 1.165) is 23.1 Å². The van der Waals surface area contributed by atoms with Gasteiger partial charge in [-0.1, -0.05) is 29.8 Å². The zero-order valence-electron chi connectivity index (χ0n) is 17.2. The van der Waals surface area contributed by atoms with Crippen LogP contribution in [0, 0.1) is 6.92 Å². The molecule has 0 atom stereocenters. The van der Waals surface area contributed by atoms with Crippen LogP contribution in [0.15, 0.2) is 84.2 Å². The molecule has 0 unspecified atom stereocenters. The fraction of sp³-hybridized carbons (Fsp3) is 0.167. The minimum absolute atomic E-state index is 0.0847. The zero-order valence-corrected chi connectivity index (χ0v) is 17.2. The number of carbonyl (C=O) groups is 1. The van der Waals surface area contributed by atoms with E-state index in [-0.39, 0.29) is 11.1 Å². The number of rotatable bonds is 7. The van der Waals surface area contributed by atoms with Crippen molar-refractivity contribution in [3.63, 3.8) is 0 Å². The molecule has 0 bridgehead atoms. The topological polar surface area (TPSA) is 81.8 Å². The fourth-order valence-corrected chi connectivity index (χ4v) is 3.37. The van der Waals surface area contributed by atoms with Gasteiger partial charge in [-0.25, -0.2) is 0 Å². The molecule has 1 amide bonds. The third kappa shape index (κ3) is 5.14. The zero-order chi connectivity index (χ0) is 21.6. The number of aromatic nitrogens is 4. The summed E-state index contributed by atoms with van der Waals surface area (Å²) in [6, 6.07) is 16.8. The first kappa shape index (κ1) is 20.3. The van der Waals surface area contributed by atoms with Gasteiger partial charge in [-0.3, -0.25) is 19.3 Å². The standard InChI is InChI=1S/C24H23N5O2/c1-18-4-2-5-20(16-18)17-28-13-3-6-21(24(28)31)23(30)26-22-10-15-29(27-22)14-9-19-7-11-25-12-8-19/h2-8,10-13,15-16H,9,14,17H2,1H3,(H,26,27,30). The number of carbonyl (C=O) groups excluding carboxylic acids is 1. The summed E-state index contributed by atoms with van der Waals surface area (Å²) in [5, 5.41) is 7.10. The SMILES string of the molecule is Cc1cccc(Cn2cccc(C(=O)Nc3ccn(CCc4ccncc4)n3)c2=O)c1. The molecular formula is C24H23N5O2. The van der Waals surface area contributed by atoms with Gasteiger partial charge in [0.15, 0.2) is 5.82 Å². The Kier molecular flexibility index (Phi) is 6.03. The Morgan fingerprint density at radius 2 is 1.84 bits per heavy atom. The lowest BCUT2D eigenvalue weighted by molar-refractivity contribution is 0.102. The van der Waals surface area contributed by atoms with Gasteiger partial charge < -0.3 is 9.88 Å². The molecular weight excluding hydrogens is 390 g/mol. The van der Waals surface area contributed by atoms with Crippen LogP contribution in [-0.2, 0) is 19.5 Å². The lowest BCUT2D eigenvalue weighted by atomic mass is 10.1. The number of hydrogen-bond donors (Lipinski definition) is 1. The van der Waals surface area contributed by atoms with E-state index in [1.807, 2.05) is 43.3 Å². The first-order valence-electron chi connectivity index (χ1n) is 10.1. The van der Waals surface area contributed by atoms with Crippen molar-refractivity contribution in [1.82, 2.24) is 19.3 Å². The Morgan fingerprint density at radius 1 is 1.00 bits per heavy atom. The van der Waals surface area contributed by atoms with Crippen LogP contribution in [0.25, 0.3) is 0 Å². The van der Waals surface area contributed by atoms with Crippen LogP contribution in [0.3, 0.4) is 0 Å². The smallest absolute Gasteiger partial charge is 0.263 e. The van der Waals surface area contributed by atoms with E-state index in [1.165, 1.54) is 10.6 Å². The highest BCUT2D eigenvalue weighted by Gasteiger charge is 2.14. The lowest BCUT2D eigenvalue weighted by Gasteiger charge is -2.09. The second kappa shape index (κ2) is 9.21. The maximum absolute atomic E-state index is 12.8. The van der Waals surface area contributed by atoms with Crippen molar-refractivity contribution in [1.29, 1.82) is 0 Å². The molecule has 0 aliphatic rings. The van der Waals surface area contributed by atoms with E-state index in [2.05, 4.69) is 15.4 Å². The minimum Gasteiger partial charge on any atom is -0.310 e. The van der Waals surface area contributed by atoms with Gasteiger partial charge in [0.05, 0.1) is 6.54 Å². The summed E-state index contributed by atoms with van der Waals surface area (Å²) in [5.74, 6) is -0.0591. The van der Waals surface area contributed by atoms with Crippen LogP contribution in [-0.4, -0.2) is 25.2 Å². The van der Waals surface area contributed by atoms with Crippen molar-refractivity contribution in [2.24, 2.45) is 0 Å². The molecule has 3 heterocycles. The molecule has 7 heteroatoms. The third-order valence-corrected chi connectivity index (χ3v) is 4.96. The molecule has 0 spiro atoms. The maximum atomic E-state index is 12.8. The van der Waals surface area contributed by atoms with Gasteiger partial charge in [-0.2, -0.15) is 5.10 Å². The second-order valence-corrected chi connectivity index (χ2v) is 7.37. The summed E-state index contributed by atoms with van der Waals surface area (Å²) >= 11 is 0. The van der Waals surface area contributed by atoms with Crippen LogP contribution in [0.5, 0.6) is 0 Å². The molecule has 7 nitrogen and oxygen atoms in total. The van der Waals surface area contributed by atoms with E-state index < -0.39 is 5.91 Å². The second-order valence-electron chi connectivity index (χ2n) is 7.37. The summed E-state index contributed by atoms with van der Waals surface area (Å²) in [4.78, 5) is 29.5. The number of hydrogen-bond acceptors (Lipinski definition) is 4. The van der Waals surface area contributed by atoms with Crippen molar-refractivity contribution >= 4 is 11.7 Å². The van der Waals surface area contributed by atoms with Gasteiger partial charge in [0.1, 0.15) is 5.56 Å². The first-order valence-corrected chi connectivity index (χ1v) is 10.1. The predicted octanol–water partition coefficient (Wildman–Crippen LogP) is 3.29. The largest absolute Gasteiger partial charge is 0.310 e. The molecule has 1 N–H and O–H groups in total. The van der Waals surface area contributed by atoms with E-state index >= 15 is 0 Å². The number of nitrogens with zero attached hydrogens (tertiary/aromatic N) is 4. The average Bonchev–Trinajstić information content (AvgIpc) is 3.22. The van der Waals surface area contributed by atoms with Gasteiger partial charge in [-0.05, 0) is 48.7 Å². The van der Waals surface area contributed by atoms with Crippen molar-refractivity contribution < 1.29 is 4.79 Å². The average molecular weight is 413 g/mol. The molecule has 31 heavy (non-hydrogen) atoms. The summed E-state index contributed by atoms with van der Waals surface area (Å²) in [6.45, 7) is 3.09. The molecule has 4 aromatic rings. The van der Waals surface area contributed by atoms with Crippen LogP contribution in [0.2, 0.25) is 0 Å².